The van der Waals surface area contributed by atoms with Crippen LogP contribution < -0.4 is 16.0 Å². The highest BCUT2D eigenvalue weighted by Gasteiger charge is 2.30. The molecule has 2 aliphatic heterocycles. The molecule has 0 saturated carbocycles. The highest BCUT2D eigenvalue weighted by Crippen LogP contribution is 2.30. The van der Waals surface area contributed by atoms with E-state index in [-0.39, 0.29) is 17.6 Å². The van der Waals surface area contributed by atoms with Crippen molar-refractivity contribution in [1.82, 2.24) is 15.5 Å². The maximum Gasteiger partial charge on any atom is 0.416 e. The van der Waals surface area contributed by atoms with E-state index in [2.05, 4.69) is 32.9 Å². The Morgan fingerprint density at radius 1 is 1.12 bits per heavy atom. The number of alkyl halides is 3. The summed E-state index contributed by atoms with van der Waals surface area (Å²) in [6.07, 6.45) is 0.202. The van der Waals surface area contributed by atoms with Crippen molar-refractivity contribution in [2.75, 3.05) is 25.0 Å². The van der Waals surface area contributed by atoms with Crippen LogP contribution in [0.15, 0.2) is 71.7 Å². The number of hydrogen-bond donors (Lipinski definition) is 2. The number of benzene rings is 2. The van der Waals surface area contributed by atoms with Crippen LogP contribution in [0.3, 0.4) is 0 Å². The molecular formula is C23H25F3N5O2-. The van der Waals surface area contributed by atoms with Crippen LogP contribution in [0.2, 0.25) is 0 Å². The number of anilines is 1. The van der Waals surface area contributed by atoms with Gasteiger partial charge in [-0.05, 0) is 56.1 Å². The number of halogens is 3. The Labute approximate surface area is 190 Å². The molecular weight excluding hydrogens is 435 g/mol. The number of likely N-dealkylation sites (tertiary alicyclic amines) is 1. The summed E-state index contributed by atoms with van der Waals surface area (Å²) in [5.74, 6) is 0.0268. The lowest BCUT2D eigenvalue weighted by Crippen LogP contribution is -2.46. The summed E-state index contributed by atoms with van der Waals surface area (Å²) in [7, 11) is 0. The average molecular weight is 460 g/mol. The van der Waals surface area contributed by atoms with Gasteiger partial charge < -0.3 is 20.2 Å². The third-order valence-electron chi connectivity index (χ3n) is 5.53. The molecule has 176 valence electrons. The van der Waals surface area contributed by atoms with Crippen molar-refractivity contribution in [3.63, 3.8) is 0 Å². The van der Waals surface area contributed by atoms with Crippen LogP contribution >= 0.6 is 0 Å². The molecule has 4 rings (SSSR count). The lowest BCUT2D eigenvalue weighted by atomic mass is 10.1. The van der Waals surface area contributed by atoms with Crippen molar-refractivity contribution < 1.29 is 23.1 Å². The van der Waals surface area contributed by atoms with Gasteiger partial charge in [-0.25, -0.2) is 4.99 Å². The molecule has 10 heteroatoms. The zero-order valence-corrected chi connectivity index (χ0v) is 17.9. The van der Waals surface area contributed by atoms with Crippen LogP contribution in [0.4, 0.5) is 18.9 Å². The number of aliphatic imine (C=N–C) groups is 1. The number of hydrogen-bond acceptors (Lipinski definition) is 6. The lowest BCUT2D eigenvalue weighted by molar-refractivity contribution is -0.214. The molecule has 0 aromatic heterocycles. The summed E-state index contributed by atoms with van der Waals surface area (Å²) >= 11 is 0. The van der Waals surface area contributed by atoms with Gasteiger partial charge >= 0.3 is 6.18 Å². The molecule has 0 aliphatic carbocycles. The van der Waals surface area contributed by atoms with Gasteiger partial charge in [0.1, 0.15) is 0 Å². The fourth-order valence-corrected chi connectivity index (χ4v) is 3.93. The molecule has 0 radical (unpaired) electrons. The highest BCUT2D eigenvalue weighted by atomic mass is 19.4. The fourth-order valence-electron chi connectivity index (χ4n) is 3.93. The van der Waals surface area contributed by atoms with Crippen molar-refractivity contribution in [3.8, 4) is 0 Å². The molecule has 2 heterocycles. The molecule has 7 nitrogen and oxygen atoms in total. The van der Waals surface area contributed by atoms with Crippen LogP contribution in [0.1, 0.15) is 24.0 Å². The molecule has 2 aromatic rings. The van der Waals surface area contributed by atoms with Gasteiger partial charge in [0.25, 0.3) is 5.88 Å². The van der Waals surface area contributed by atoms with Gasteiger partial charge in [-0.3, -0.25) is 5.01 Å². The largest absolute Gasteiger partial charge is 0.846 e. The topological polar surface area (TPSA) is 75.2 Å². The van der Waals surface area contributed by atoms with Gasteiger partial charge in [0, 0.05) is 12.2 Å². The Morgan fingerprint density at radius 2 is 1.88 bits per heavy atom. The zero-order chi connectivity index (χ0) is 23.3. The van der Waals surface area contributed by atoms with E-state index in [4.69, 9.17) is 4.84 Å². The van der Waals surface area contributed by atoms with E-state index in [1.807, 2.05) is 18.2 Å². The summed E-state index contributed by atoms with van der Waals surface area (Å²) in [4.78, 5) is 11.6. The van der Waals surface area contributed by atoms with Crippen LogP contribution in [0.5, 0.6) is 0 Å². The average Bonchev–Trinajstić information content (AvgIpc) is 3.46. The normalized spacial score (nSPS) is 18.2. The molecule has 2 aliphatic rings. The van der Waals surface area contributed by atoms with Crippen molar-refractivity contribution in [2.24, 2.45) is 4.99 Å². The highest BCUT2D eigenvalue weighted by molar-refractivity contribution is 5.86. The predicted molar refractivity (Wildman–Crippen MR) is 116 cm³/mol. The molecule has 1 atom stereocenters. The second-order valence-corrected chi connectivity index (χ2v) is 8.04. The van der Waals surface area contributed by atoms with Gasteiger partial charge in [-0.2, -0.15) is 13.2 Å². The van der Waals surface area contributed by atoms with E-state index in [0.717, 1.165) is 38.2 Å². The summed E-state index contributed by atoms with van der Waals surface area (Å²) in [6.45, 7) is 2.89. The zero-order valence-electron chi connectivity index (χ0n) is 17.9. The smallest absolute Gasteiger partial charge is 0.416 e. The minimum Gasteiger partial charge on any atom is -0.846 e. The molecule has 2 N–H and O–H groups in total. The summed E-state index contributed by atoms with van der Waals surface area (Å²) < 4.78 is 38.6. The molecule has 2 aromatic carbocycles. The maximum absolute atomic E-state index is 12.9. The first-order valence-electron chi connectivity index (χ1n) is 10.8. The van der Waals surface area contributed by atoms with Crippen molar-refractivity contribution in [2.45, 2.75) is 31.5 Å². The third-order valence-corrected chi connectivity index (χ3v) is 5.53. The first kappa shape index (κ1) is 22.9. The fraction of sp³-hybridized carbons (Fsp3) is 0.348. The Bertz CT molecular complexity index is 991. The molecule has 33 heavy (non-hydrogen) atoms. The summed E-state index contributed by atoms with van der Waals surface area (Å²) in [6, 6.07) is 13.6. The van der Waals surface area contributed by atoms with Crippen LogP contribution in [-0.4, -0.2) is 41.6 Å². The standard InChI is InChI=1S/C23H26F3N5O2/c24-23(25,26)18-9-6-10-19(14-18)27-22(32)28-21-16-31(29-33-21)20(15-30-11-4-5-12-30)13-17-7-2-1-3-8-17/h1-3,6-10,14,16,20,29H,4-5,11-13,15H2,(H2,27,28,32)/p-1/t20-/m0/s1. The molecule has 0 amide bonds. The van der Waals surface area contributed by atoms with Crippen LogP contribution in [0, 0.1) is 0 Å². The van der Waals surface area contributed by atoms with Crippen LogP contribution in [0.25, 0.3) is 0 Å². The van der Waals surface area contributed by atoms with Crippen LogP contribution in [-0.2, 0) is 17.4 Å². The van der Waals surface area contributed by atoms with Gasteiger partial charge in [0.2, 0.25) is 0 Å². The lowest BCUT2D eigenvalue weighted by Gasteiger charge is -2.29. The quantitative estimate of drug-likeness (QED) is 0.489. The Morgan fingerprint density at radius 3 is 2.61 bits per heavy atom. The predicted octanol–water partition coefficient (Wildman–Crippen LogP) is 3.09. The monoisotopic (exact) mass is 460 g/mol. The molecule has 1 saturated heterocycles. The number of nitrogens with one attached hydrogen (secondary N) is 2. The third kappa shape index (κ3) is 6.39. The van der Waals surface area contributed by atoms with Gasteiger partial charge in [0.15, 0.2) is 0 Å². The second-order valence-electron chi connectivity index (χ2n) is 8.04. The van der Waals surface area contributed by atoms with E-state index in [0.29, 0.717) is 0 Å². The number of hydrazine groups is 1. The number of rotatable bonds is 7. The van der Waals surface area contributed by atoms with E-state index in [9.17, 15) is 18.3 Å². The Kier molecular flexibility index (Phi) is 7.05. The SMILES string of the molecule is [O-]/C(=N/C1=CN([C@@H](Cc2ccccc2)CN2CCCC2)NO1)Nc1cccc(C(F)(F)F)c1. The second kappa shape index (κ2) is 10.1. The Hall–Kier alpha value is -3.24. The van der Waals surface area contributed by atoms with E-state index >= 15 is 0 Å². The van der Waals surface area contributed by atoms with E-state index in [1.54, 1.807) is 11.2 Å². The maximum atomic E-state index is 12.9. The molecule has 0 spiro atoms. The van der Waals surface area contributed by atoms with Crippen molar-refractivity contribution >= 4 is 11.7 Å². The molecule has 0 unspecified atom stereocenters. The molecule has 1 fully saturated rings. The first-order chi connectivity index (χ1) is 15.9. The number of amidine groups is 1. The number of nitrogens with zero attached hydrogens (tertiary/aromatic N) is 3. The Balaban J connectivity index is 1.44. The minimum absolute atomic E-state index is 0.00188. The van der Waals surface area contributed by atoms with Gasteiger partial charge in [-0.1, -0.05) is 42.0 Å². The van der Waals surface area contributed by atoms with Gasteiger partial charge in [0.05, 0.1) is 23.8 Å². The molecule has 0 bridgehead atoms. The minimum atomic E-state index is -4.50. The van der Waals surface area contributed by atoms with Crippen molar-refractivity contribution in [1.29, 1.82) is 0 Å². The van der Waals surface area contributed by atoms with E-state index in [1.165, 1.54) is 30.5 Å². The van der Waals surface area contributed by atoms with Crippen molar-refractivity contribution in [3.05, 3.63) is 77.8 Å². The first-order valence-corrected chi connectivity index (χ1v) is 10.8. The van der Waals surface area contributed by atoms with Gasteiger partial charge in [-0.15, -0.1) is 0 Å². The summed E-state index contributed by atoms with van der Waals surface area (Å²) in [5, 5.41) is 16.4. The summed E-state index contributed by atoms with van der Waals surface area (Å²) in [5.41, 5.74) is 3.11. The van der Waals surface area contributed by atoms with E-state index < -0.39 is 17.8 Å².